The molecule has 1 fully saturated rings. The molecule has 8 nitrogen and oxygen atoms in total. The molecule has 4 N–H and O–H groups in total. The molecule has 8 heteroatoms. The Morgan fingerprint density at radius 1 is 1.24 bits per heavy atom. The summed E-state index contributed by atoms with van der Waals surface area (Å²) in [6.07, 6.45) is 8.72. The van der Waals surface area contributed by atoms with E-state index in [0.717, 1.165) is 22.2 Å². The van der Waals surface area contributed by atoms with E-state index < -0.39 is 5.91 Å². The Balaban J connectivity index is 1.43. The van der Waals surface area contributed by atoms with Crippen molar-refractivity contribution >= 4 is 23.0 Å². The Morgan fingerprint density at radius 2 is 2.09 bits per heavy atom. The summed E-state index contributed by atoms with van der Waals surface area (Å²) in [6, 6.07) is 11.8. The molecule has 0 spiro atoms. The Hall–Kier alpha value is -4.07. The highest BCUT2D eigenvalue weighted by Gasteiger charge is 2.29. The van der Waals surface area contributed by atoms with Crippen LogP contribution in [0.4, 0.5) is 5.69 Å². The van der Waals surface area contributed by atoms with Gasteiger partial charge in [0.2, 0.25) is 0 Å². The van der Waals surface area contributed by atoms with Crippen LogP contribution in [0.25, 0.3) is 16.6 Å². The minimum absolute atomic E-state index is 0.188. The quantitative estimate of drug-likeness (QED) is 0.383. The van der Waals surface area contributed by atoms with Gasteiger partial charge in [-0.25, -0.2) is 4.52 Å². The van der Waals surface area contributed by atoms with Crippen molar-refractivity contribution in [3.63, 3.8) is 0 Å². The number of hydrogen-bond acceptors (Lipinski definition) is 5. The van der Waals surface area contributed by atoms with Crippen molar-refractivity contribution in [2.45, 2.75) is 32.4 Å². The van der Waals surface area contributed by atoms with E-state index in [4.69, 9.17) is 10.2 Å². The van der Waals surface area contributed by atoms with Crippen LogP contribution in [0.5, 0.6) is 0 Å². The van der Waals surface area contributed by atoms with Gasteiger partial charge in [-0.05, 0) is 55.0 Å². The van der Waals surface area contributed by atoms with Gasteiger partial charge in [-0.1, -0.05) is 18.2 Å². The number of primary amides is 1. The molecule has 168 valence electrons. The summed E-state index contributed by atoms with van der Waals surface area (Å²) in [7, 11) is 0. The third-order valence-corrected chi connectivity index (χ3v) is 6.10. The Labute approximate surface area is 190 Å². The minimum Gasteiger partial charge on any atom is -0.472 e. The number of furan rings is 1. The number of carbonyl (C=O) groups is 2. The molecular weight excluding hydrogens is 418 g/mol. The van der Waals surface area contributed by atoms with Gasteiger partial charge < -0.3 is 20.8 Å². The predicted octanol–water partition coefficient (Wildman–Crippen LogP) is 3.83. The maximum atomic E-state index is 12.2. The second kappa shape index (κ2) is 8.46. The van der Waals surface area contributed by atoms with Crippen LogP contribution >= 0.6 is 0 Å². The van der Waals surface area contributed by atoms with Gasteiger partial charge >= 0.3 is 0 Å². The van der Waals surface area contributed by atoms with Gasteiger partial charge in [-0.2, -0.15) is 5.10 Å². The molecule has 1 aromatic carbocycles. The standard InChI is InChI=1S/C25H25N5O3/c1-15(17-5-6-17)29-23-21(24(26)31)12-28-30-13-20(10-22(23)30)18-4-2-3-16(9-18)11-27-25(32)19-7-8-33-14-19/h2-4,7-10,12-15,17,29H,5-6,11H2,1H3,(H2,26,31)(H,27,32). The number of hydrogen-bond donors (Lipinski definition) is 3. The summed E-state index contributed by atoms with van der Waals surface area (Å²) in [4.78, 5) is 24.2. The molecule has 1 atom stereocenters. The highest BCUT2D eigenvalue weighted by molar-refractivity contribution is 6.02. The summed E-state index contributed by atoms with van der Waals surface area (Å²) >= 11 is 0. The maximum absolute atomic E-state index is 12.2. The number of anilines is 1. The molecule has 0 bridgehead atoms. The van der Waals surface area contributed by atoms with Gasteiger partial charge in [-0.15, -0.1) is 0 Å². The lowest BCUT2D eigenvalue weighted by Crippen LogP contribution is -2.22. The minimum atomic E-state index is -0.506. The summed E-state index contributed by atoms with van der Waals surface area (Å²) in [5.41, 5.74) is 10.9. The first-order valence-corrected chi connectivity index (χ1v) is 11.0. The lowest BCUT2D eigenvalue weighted by Gasteiger charge is -2.17. The van der Waals surface area contributed by atoms with E-state index in [0.29, 0.717) is 29.3 Å². The van der Waals surface area contributed by atoms with E-state index >= 15 is 0 Å². The normalized spacial score (nSPS) is 14.2. The molecule has 1 saturated carbocycles. The first-order chi connectivity index (χ1) is 16.0. The second-order valence-corrected chi connectivity index (χ2v) is 8.52. The zero-order valence-corrected chi connectivity index (χ0v) is 18.2. The third kappa shape index (κ3) is 4.32. The third-order valence-electron chi connectivity index (χ3n) is 6.10. The topological polar surface area (TPSA) is 115 Å². The SMILES string of the molecule is CC(Nc1c(C(N)=O)cnn2cc(-c3cccc(CNC(=O)c4ccoc4)c3)cc12)C1CC1. The average molecular weight is 444 g/mol. The fraction of sp³-hybridized carbons (Fsp3) is 0.240. The van der Waals surface area contributed by atoms with Gasteiger partial charge in [0.1, 0.15) is 6.26 Å². The van der Waals surface area contributed by atoms with Gasteiger partial charge in [-0.3, -0.25) is 9.59 Å². The second-order valence-electron chi connectivity index (χ2n) is 8.52. The molecular formula is C25H25N5O3. The van der Waals surface area contributed by atoms with Crippen LogP contribution in [-0.2, 0) is 6.54 Å². The van der Waals surface area contributed by atoms with Crippen molar-refractivity contribution in [2.24, 2.45) is 11.7 Å². The molecule has 1 aliphatic carbocycles. The lowest BCUT2D eigenvalue weighted by atomic mass is 10.1. The van der Waals surface area contributed by atoms with Crippen molar-refractivity contribution in [3.8, 4) is 11.1 Å². The molecule has 2 amide bonds. The molecule has 5 rings (SSSR count). The first kappa shape index (κ1) is 20.8. The Kier molecular flexibility index (Phi) is 5.34. The fourth-order valence-electron chi connectivity index (χ4n) is 4.03. The smallest absolute Gasteiger partial charge is 0.254 e. The number of rotatable bonds is 8. The Morgan fingerprint density at radius 3 is 2.82 bits per heavy atom. The zero-order chi connectivity index (χ0) is 22.9. The largest absolute Gasteiger partial charge is 0.472 e. The molecule has 0 radical (unpaired) electrons. The molecule has 1 unspecified atom stereocenters. The van der Waals surface area contributed by atoms with Gasteiger partial charge in [0.25, 0.3) is 11.8 Å². The fourth-order valence-corrected chi connectivity index (χ4v) is 4.03. The number of aromatic nitrogens is 2. The van der Waals surface area contributed by atoms with Crippen molar-refractivity contribution in [2.75, 3.05) is 5.32 Å². The van der Waals surface area contributed by atoms with E-state index in [1.165, 1.54) is 31.6 Å². The van der Waals surface area contributed by atoms with Crippen LogP contribution < -0.4 is 16.4 Å². The first-order valence-electron chi connectivity index (χ1n) is 11.0. The van der Waals surface area contributed by atoms with Crippen LogP contribution in [-0.4, -0.2) is 27.5 Å². The number of nitrogens with zero attached hydrogens (tertiary/aromatic N) is 2. The molecule has 0 aliphatic heterocycles. The lowest BCUT2D eigenvalue weighted by molar-refractivity contribution is 0.0949. The van der Waals surface area contributed by atoms with Gasteiger partial charge in [0, 0.05) is 24.3 Å². The van der Waals surface area contributed by atoms with E-state index in [-0.39, 0.29) is 11.9 Å². The summed E-state index contributed by atoms with van der Waals surface area (Å²) in [5.74, 6) is -0.0802. The van der Waals surface area contributed by atoms with Gasteiger partial charge in [0.15, 0.2) is 0 Å². The molecule has 4 aromatic rings. The van der Waals surface area contributed by atoms with Gasteiger partial charge in [0.05, 0.1) is 34.8 Å². The predicted molar refractivity (Wildman–Crippen MR) is 125 cm³/mol. The zero-order valence-electron chi connectivity index (χ0n) is 18.2. The highest BCUT2D eigenvalue weighted by atomic mass is 16.3. The molecule has 0 saturated heterocycles. The molecule has 3 aromatic heterocycles. The molecule has 33 heavy (non-hydrogen) atoms. The van der Waals surface area contributed by atoms with Crippen LogP contribution in [0.2, 0.25) is 0 Å². The summed E-state index contributed by atoms with van der Waals surface area (Å²) in [6.45, 7) is 2.52. The number of fused-ring (bicyclic) bond motifs is 1. The van der Waals surface area contributed by atoms with E-state index in [9.17, 15) is 9.59 Å². The van der Waals surface area contributed by atoms with Crippen molar-refractivity contribution in [3.05, 3.63) is 78.0 Å². The van der Waals surface area contributed by atoms with E-state index in [1.807, 2.05) is 36.5 Å². The number of nitrogens with one attached hydrogen (secondary N) is 2. The van der Waals surface area contributed by atoms with Crippen LogP contribution in [0.15, 0.2) is 65.7 Å². The van der Waals surface area contributed by atoms with E-state index in [2.05, 4.69) is 22.7 Å². The van der Waals surface area contributed by atoms with Crippen LogP contribution in [0.1, 0.15) is 46.0 Å². The van der Waals surface area contributed by atoms with Crippen molar-refractivity contribution in [1.29, 1.82) is 0 Å². The number of carbonyl (C=O) groups excluding carboxylic acids is 2. The monoisotopic (exact) mass is 443 g/mol. The number of nitrogens with two attached hydrogens (primary N) is 1. The van der Waals surface area contributed by atoms with Crippen LogP contribution in [0, 0.1) is 5.92 Å². The highest BCUT2D eigenvalue weighted by Crippen LogP contribution is 2.36. The van der Waals surface area contributed by atoms with E-state index in [1.54, 1.807) is 10.6 Å². The maximum Gasteiger partial charge on any atom is 0.254 e. The number of benzene rings is 1. The van der Waals surface area contributed by atoms with Crippen molar-refractivity contribution < 1.29 is 14.0 Å². The Bertz CT molecular complexity index is 1320. The molecule has 1 aliphatic rings. The number of amides is 2. The molecule has 3 heterocycles. The summed E-state index contributed by atoms with van der Waals surface area (Å²) in [5, 5.41) is 10.8. The summed E-state index contributed by atoms with van der Waals surface area (Å²) < 4.78 is 6.72. The van der Waals surface area contributed by atoms with Crippen LogP contribution in [0.3, 0.4) is 0 Å². The van der Waals surface area contributed by atoms with Crippen molar-refractivity contribution in [1.82, 2.24) is 14.9 Å². The average Bonchev–Trinajstić information content (AvgIpc) is 3.33.